The number of urea groups is 1. The SMILES string of the molecule is O=C(N1CCN(c2ccccc2)CC1)N1CCCC2(CC(=O)N(C3CCCCC3)C2=O)C1. The highest BCUT2D eigenvalue weighted by Gasteiger charge is 2.55. The van der Waals surface area contributed by atoms with E-state index >= 15 is 0 Å². The van der Waals surface area contributed by atoms with Crippen molar-refractivity contribution >= 4 is 23.5 Å². The molecule has 3 saturated heterocycles. The van der Waals surface area contributed by atoms with Gasteiger partial charge in [0.1, 0.15) is 0 Å². The zero-order valence-electron chi connectivity index (χ0n) is 18.9. The van der Waals surface area contributed by atoms with Gasteiger partial charge >= 0.3 is 6.03 Å². The largest absolute Gasteiger partial charge is 0.368 e. The van der Waals surface area contributed by atoms with Crippen LogP contribution in [0.4, 0.5) is 10.5 Å². The molecule has 0 radical (unpaired) electrons. The Bertz CT molecular complexity index is 861. The van der Waals surface area contributed by atoms with Gasteiger partial charge in [0, 0.05) is 57.4 Å². The lowest BCUT2D eigenvalue weighted by molar-refractivity contribution is -0.145. The molecule has 5 rings (SSSR count). The number of benzene rings is 1. The smallest absolute Gasteiger partial charge is 0.320 e. The topological polar surface area (TPSA) is 64.2 Å². The molecule has 1 saturated carbocycles. The minimum atomic E-state index is -0.700. The number of para-hydroxylation sites is 1. The summed E-state index contributed by atoms with van der Waals surface area (Å²) in [5, 5.41) is 0. The zero-order valence-corrected chi connectivity index (χ0v) is 18.9. The first-order valence-electron chi connectivity index (χ1n) is 12.3. The van der Waals surface area contributed by atoms with Crippen LogP contribution >= 0.6 is 0 Å². The van der Waals surface area contributed by atoms with Crippen LogP contribution in [-0.2, 0) is 9.59 Å². The maximum Gasteiger partial charge on any atom is 0.320 e. The second-order valence-electron chi connectivity index (χ2n) is 9.94. The highest BCUT2D eigenvalue weighted by molar-refractivity contribution is 6.06. The van der Waals surface area contributed by atoms with Gasteiger partial charge in [0.15, 0.2) is 0 Å². The lowest BCUT2D eigenvalue weighted by Crippen LogP contribution is -2.57. The van der Waals surface area contributed by atoms with Gasteiger partial charge in [0.2, 0.25) is 11.8 Å². The summed E-state index contributed by atoms with van der Waals surface area (Å²) in [4.78, 5) is 47.4. The lowest BCUT2D eigenvalue weighted by Gasteiger charge is -2.43. The number of carbonyl (C=O) groups excluding carboxylic acids is 3. The van der Waals surface area contributed by atoms with E-state index in [1.54, 1.807) is 4.90 Å². The van der Waals surface area contributed by atoms with Crippen molar-refractivity contribution in [2.24, 2.45) is 5.41 Å². The average Bonchev–Trinajstić information content (AvgIpc) is 3.08. The van der Waals surface area contributed by atoms with Crippen LogP contribution in [0, 0.1) is 5.41 Å². The summed E-state index contributed by atoms with van der Waals surface area (Å²) >= 11 is 0. The molecular formula is C25H34N4O3. The monoisotopic (exact) mass is 438 g/mol. The molecule has 1 unspecified atom stereocenters. The molecule has 0 N–H and O–H groups in total. The standard InChI is InChI=1S/C25H34N4O3/c30-22-18-25(23(31)29(22)21-10-5-2-6-11-21)12-7-13-28(19-25)24(32)27-16-14-26(15-17-27)20-8-3-1-4-9-20/h1,3-4,8-9,21H,2,5-7,10-19H2. The van der Waals surface area contributed by atoms with Gasteiger partial charge in [0.25, 0.3) is 0 Å². The van der Waals surface area contributed by atoms with Crippen molar-refractivity contribution in [1.82, 2.24) is 14.7 Å². The van der Waals surface area contributed by atoms with Crippen LogP contribution in [0.3, 0.4) is 0 Å². The Balaban J connectivity index is 1.23. The molecule has 7 nitrogen and oxygen atoms in total. The number of hydrogen-bond donors (Lipinski definition) is 0. The fourth-order valence-corrected chi connectivity index (χ4v) is 6.14. The van der Waals surface area contributed by atoms with E-state index in [1.807, 2.05) is 28.0 Å². The van der Waals surface area contributed by atoms with E-state index in [0.29, 0.717) is 32.6 Å². The van der Waals surface area contributed by atoms with Crippen LogP contribution in [0.2, 0.25) is 0 Å². The summed E-state index contributed by atoms with van der Waals surface area (Å²) in [6, 6.07) is 10.4. The molecular weight excluding hydrogens is 404 g/mol. The Hall–Kier alpha value is -2.57. The van der Waals surface area contributed by atoms with Crippen molar-refractivity contribution in [3.63, 3.8) is 0 Å². The van der Waals surface area contributed by atoms with Gasteiger partial charge in [0.05, 0.1) is 5.41 Å². The summed E-state index contributed by atoms with van der Waals surface area (Å²) in [5.41, 5.74) is 0.489. The molecule has 1 aliphatic carbocycles. The first kappa shape index (κ1) is 21.3. The zero-order chi connectivity index (χ0) is 22.1. The first-order valence-corrected chi connectivity index (χ1v) is 12.3. The number of likely N-dealkylation sites (tertiary alicyclic amines) is 2. The van der Waals surface area contributed by atoms with Crippen molar-refractivity contribution in [1.29, 1.82) is 0 Å². The van der Waals surface area contributed by atoms with Crippen LogP contribution in [0.15, 0.2) is 30.3 Å². The van der Waals surface area contributed by atoms with Gasteiger partial charge in [-0.05, 0) is 37.8 Å². The van der Waals surface area contributed by atoms with Crippen molar-refractivity contribution < 1.29 is 14.4 Å². The third-order valence-corrected chi connectivity index (χ3v) is 7.89. The van der Waals surface area contributed by atoms with Crippen molar-refractivity contribution in [2.45, 2.75) is 57.4 Å². The molecule has 4 amide bonds. The number of carbonyl (C=O) groups is 3. The number of piperidine rings is 1. The van der Waals surface area contributed by atoms with E-state index in [-0.39, 0.29) is 30.3 Å². The number of rotatable bonds is 2. The third kappa shape index (κ3) is 3.86. The number of piperazine rings is 1. The van der Waals surface area contributed by atoms with Crippen LogP contribution < -0.4 is 4.90 Å². The molecule has 7 heteroatoms. The van der Waals surface area contributed by atoms with E-state index < -0.39 is 5.41 Å². The molecule has 0 bridgehead atoms. The maximum absolute atomic E-state index is 13.5. The Morgan fingerprint density at radius 3 is 2.28 bits per heavy atom. The van der Waals surface area contributed by atoms with E-state index in [4.69, 9.17) is 0 Å². The fourth-order valence-electron chi connectivity index (χ4n) is 6.14. The van der Waals surface area contributed by atoms with E-state index in [2.05, 4.69) is 17.0 Å². The van der Waals surface area contributed by atoms with Crippen LogP contribution in [-0.4, -0.2) is 77.9 Å². The molecule has 4 aliphatic rings. The number of imide groups is 1. The fraction of sp³-hybridized carbons (Fsp3) is 0.640. The minimum absolute atomic E-state index is 0.0132. The van der Waals surface area contributed by atoms with Gasteiger partial charge in [-0.3, -0.25) is 14.5 Å². The summed E-state index contributed by atoms with van der Waals surface area (Å²) in [5.74, 6) is -0.0338. The maximum atomic E-state index is 13.5. The number of nitrogens with zero attached hydrogens (tertiary/aromatic N) is 4. The van der Waals surface area contributed by atoms with E-state index in [0.717, 1.165) is 45.2 Å². The van der Waals surface area contributed by atoms with Gasteiger partial charge < -0.3 is 14.7 Å². The molecule has 3 aliphatic heterocycles. The molecule has 32 heavy (non-hydrogen) atoms. The first-order chi connectivity index (χ1) is 15.6. The Kier molecular flexibility index (Phi) is 5.82. The van der Waals surface area contributed by atoms with Gasteiger partial charge in [-0.1, -0.05) is 37.5 Å². The van der Waals surface area contributed by atoms with E-state index in [1.165, 1.54) is 12.1 Å². The molecule has 4 fully saturated rings. The van der Waals surface area contributed by atoms with E-state index in [9.17, 15) is 14.4 Å². The Morgan fingerprint density at radius 2 is 1.56 bits per heavy atom. The highest BCUT2D eigenvalue weighted by atomic mass is 16.2. The molecule has 0 aromatic heterocycles. The summed E-state index contributed by atoms with van der Waals surface area (Å²) in [7, 11) is 0. The number of hydrogen-bond acceptors (Lipinski definition) is 4. The molecule has 1 aromatic carbocycles. The number of amides is 4. The summed E-state index contributed by atoms with van der Waals surface area (Å²) in [6.45, 7) is 4.03. The lowest BCUT2D eigenvalue weighted by atomic mass is 9.78. The van der Waals surface area contributed by atoms with Crippen LogP contribution in [0.1, 0.15) is 51.4 Å². The quantitative estimate of drug-likeness (QED) is 0.666. The number of anilines is 1. The molecule has 3 heterocycles. The van der Waals surface area contributed by atoms with Crippen LogP contribution in [0.25, 0.3) is 0 Å². The summed E-state index contributed by atoms with van der Waals surface area (Å²) in [6.07, 6.45) is 7.01. The molecule has 1 atom stereocenters. The van der Waals surface area contributed by atoms with Gasteiger partial charge in [-0.25, -0.2) is 4.79 Å². The molecule has 172 valence electrons. The second-order valence-corrected chi connectivity index (χ2v) is 9.94. The van der Waals surface area contributed by atoms with Gasteiger partial charge in [-0.2, -0.15) is 0 Å². The predicted molar refractivity (Wildman–Crippen MR) is 122 cm³/mol. The van der Waals surface area contributed by atoms with Crippen molar-refractivity contribution in [2.75, 3.05) is 44.2 Å². The summed E-state index contributed by atoms with van der Waals surface area (Å²) < 4.78 is 0. The van der Waals surface area contributed by atoms with Crippen LogP contribution in [0.5, 0.6) is 0 Å². The van der Waals surface area contributed by atoms with Gasteiger partial charge in [-0.15, -0.1) is 0 Å². The molecule has 1 aromatic rings. The Labute approximate surface area is 190 Å². The Morgan fingerprint density at radius 1 is 0.844 bits per heavy atom. The normalized spacial score (nSPS) is 27.5. The highest BCUT2D eigenvalue weighted by Crippen LogP contribution is 2.43. The van der Waals surface area contributed by atoms with Crippen molar-refractivity contribution in [3.05, 3.63) is 30.3 Å². The van der Waals surface area contributed by atoms with Crippen molar-refractivity contribution in [3.8, 4) is 0 Å². The average molecular weight is 439 g/mol. The predicted octanol–water partition coefficient (Wildman–Crippen LogP) is 3.10. The second kappa shape index (κ2) is 8.75. The third-order valence-electron chi connectivity index (χ3n) is 7.89. The molecule has 1 spiro atoms. The minimum Gasteiger partial charge on any atom is -0.368 e.